The largest absolute Gasteiger partial charge is 0.493 e. The fourth-order valence-electron chi connectivity index (χ4n) is 2.62. The molecule has 8 nitrogen and oxygen atoms in total. The van der Waals surface area contributed by atoms with Gasteiger partial charge in [0, 0.05) is 6.07 Å². The van der Waals surface area contributed by atoms with E-state index in [9.17, 15) is 14.9 Å². The first kappa shape index (κ1) is 22.3. The fraction of sp³-hybridized carbons (Fsp3) is 0.227. The van der Waals surface area contributed by atoms with E-state index in [1.807, 2.05) is 24.3 Å². The van der Waals surface area contributed by atoms with Crippen molar-refractivity contribution in [3.8, 4) is 29.1 Å². The molecule has 0 saturated carbocycles. The molecule has 0 spiro atoms. The maximum absolute atomic E-state index is 12.4. The van der Waals surface area contributed by atoms with Gasteiger partial charge in [-0.3, -0.25) is 14.9 Å². The van der Waals surface area contributed by atoms with Gasteiger partial charge in [0.2, 0.25) is 0 Å². The van der Waals surface area contributed by atoms with Crippen molar-refractivity contribution in [3.63, 3.8) is 0 Å². The van der Waals surface area contributed by atoms with Gasteiger partial charge in [0.1, 0.15) is 17.9 Å². The van der Waals surface area contributed by atoms with E-state index in [1.165, 1.54) is 20.3 Å². The minimum atomic E-state index is -0.656. The Morgan fingerprint density at radius 3 is 2.53 bits per heavy atom. The molecule has 2 rings (SSSR count). The van der Waals surface area contributed by atoms with Crippen LogP contribution in [0.25, 0.3) is 0 Å². The van der Waals surface area contributed by atoms with Crippen LogP contribution in [-0.2, 0) is 6.42 Å². The third-order valence-electron chi connectivity index (χ3n) is 4.04. The summed E-state index contributed by atoms with van der Waals surface area (Å²) >= 11 is 0. The smallest absolute Gasteiger partial charge is 0.286 e. The van der Waals surface area contributed by atoms with Crippen molar-refractivity contribution in [3.05, 3.63) is 70.3 Å². The van der Waals surface area contributed by atoms with Gasteiger partial charge in [-0.1, -0.05) is 36.1 Å². The van der Waals surface area contributed by atoms with Crippen LogP contribution < -0.4 is 19.5 Å². The number of rotatable bonds is 9. The van der Waals surface area contributed by atoms with Crippen molar-refractivity contribution >= 4 is 11.6 Å². The van der Waals surface area contributed by atoms with Crippen molar-refractivity contribution in [2.24, 2.45) is 0 Å². The molecule has 30 heavy (non-hydrogen) atoms. The standard InChI is InChI=1S/C22H22N2O6/c1-4-9-16-10-5-6-11-19(16)30-13-8-7-12-23-22(25)17-14-20(28-2)21(29-3)15-18(17)24(26)27/h4-6,10-11,14-15H,1,9,12-13H2,2-3H3,(H,23,25). The molecule has 0 unspecified atom stereocenters. The number of nitro benzene ring substituents is 1. The number of ether oxygens (including phenoxy) is 3. The van der Waals surface area contributed by atoms with Crippen LogP contribution in [0.5, 0.6) is 17.2 Å². The molecule has 0 aliphatic rings. The number of para-hydroxylation sites is 1. The lowest BCUT2D eigenvalue weighted by atomic mass is 10.1. The van der Waals surface area contributed by atoms with E-state index in [1.54, 1.807) is 6.08 Å². The van der Waals surface area contributed by atoms with Crippen LogP contribution in [-0.4, -0.2) is 38.2 Å². The average molecular weight is 410 g/mol. The number of carbonyl (C=O) groups excluding carboxylic acids is 1. The summed E-state index contributed by atoms with van der Waals surface area (Å²) in [7, 11) is 2.73. The molecule has 2 aromatic carbocycles. The molecule has 0 bridgehead atoms. The number of allylic oxidation sites excluding steroid dienone is 1. The lowest BCUT2D eigenvalue weighted by molar-refractivity contribution is -0.385. The summed E-state index contributed by atoms with van der Waals surface area (Å²) in [6, 6.07) is 9.98. The van der Waals surface area contributed by atoms with E-state index >= 15 is 0 Å². The number of amides is 1. The summed E-state index contributed by atoms with van der Waals surface area (Å²) < 4.78 is 15.8. The number of benzene rings is 2. The van der Waals surface area contributed by atoms with Gasteiger partial charge in [-0.05, 0) is 18.1 Å². The van der Waals surface area contributed by atoms with Crippen molar-refractivity contribution in [2.75, 3.05) is 27.4 Å². The maximum atomic E-state index is 12.4. The van der Waals surface area contributed by atoms with Crippen molar-refractivity contribution in [1.29, 1.82) is 0 Å². The number of hydrogen-bond donors (Lipinski definition) is 1. The zero-order chi connectivity index (χ0) is 21.9. The van der Waals surface area contributed by atoms with Crippen molar-refractivity contribution in [2.45, 2.75) is 6.42 Å². The molecule has 0 aliphatic carbocycles. The molecule has 8 heteroatoms. The minimum absolute atomic E-state index is 0.00198. The summed E-state index contributed by atoms with van der Waals surface area (Å²) in [6.45, 7) is 3.86. The highest BCUT2D eigenvalue weighted by molar-refractivity contribution is 5.99. The Kier molecular flexibility index (Phi) is 8.27. The first-order chi connectivity index (χ1) is 14.5. The highest BCUT2D eigenvalue weighted by atomic mass is 16.6. The Morgan fingerprint density at radius 1 is 1.17 bits per heavy atom. The minimum Gasteiger partial charge on any atom is -0.493 e. The van der Waals surface area contributed by atoms with Crippen LogP contribution >= 0.6 is 0 Å². The lowest BCUT2D eigenvalue weighted by Gasteiger charge is -2.10. The molecule has 0 heterocycles. The summed E-state index contributed by atoms with van der Waals surface area (Å²) in [5.74, 6) is 6.00. The number of nitrogens with one attached hydrogen (secondary N) is 1. The third kappa shape index (κ3) is 5.75. The zero-order valence-corrected chi connectivity index (χ0v) is 16.8. The molecule has 1 amide bonds. The molecule has 0 fully saturated rings. The van der Waals surface area contributed by atoms with Gasteiger partial charge in [0.05, 0.1) is 31.8 Å². The number of nitro groups is 1. The maximum Gasteiger partial charge on any atom is 0.286 e. The molecule has 0 atom stereocenters. The fourth-order valence-corrected chi connectivity index (χ4v) is 2.62. The molecule has 2 aromatic rings. The summed E-state index contributed by atoms with van der Waals surface area (Å²) in [5, 5.41) is 13.8. The van der Waals surface area contributed by atoms with Crippen LogP contribution in [0, 0.1) is 22.0 Å². The predicted octanol–water partition coefficient (Wildman–Crippen LogP) is 3.15. The third-order valence-corrected chi connectivity index (χ3v) is 4.04. The van der Waals surface area contributed by atoms with Crippen LogP contribution in [0.15, 0.2) is 49.1 Å². The van der Waals surface area contributed by atoms with E-state index in [4.69, 9.17) is 14.2 Å². The Labute approximate surface area is 174 Å². The molecule has 156 valence electrons. The van der Waals surface area contributed by atoms with Crippen LogP contribution in [0.1, 0.15) is 15.9 Å². The second-order valence-electron chi connectivity index (χ2n) is 5.91. The topological polar surface area (TPSA) is 99.9 Å². The van der Waals surface area contributed by atoms with Crippen molar-refractivity contribution < 1.29 is 23.9 Å². The molecule has 0 saturated heterocycles. The molecule has 0 radical (unpaired) electrons. The summed E-state index contributed by atoms with van der Waals surface area (Å²) in [4.78, 5) is 23.0. The highest BCUT2D eigenvalue weighted by Gasteiger charge is 2.24. The van der Waals surface area contributed by atoms with Crippen LogP contribution in [0.2, 0.25) is 0 Å². The Hall–Kier alpha value is -3.99. The van der Waals surface area contributed by atoms with Crippen molar-refractivity contribution in [1.82, 2.24) is 5.32 Å². The van der Waals surface area contributed by atoms with Gasteiger partial charge in [0.15, 0.2) is 11.5 Å². The number of hydrogen-bond acceptors (Lipinski definition) is 6. The molecule has 0 aromatic heterocycles. The van der Waals surface area contributed by atoms with E-state index in [0.29, 0.717) is 6.42 Å². The normalized spacial score (nSPS) is 9.67. The number of nitrogens with zero attached hydrogens (tertiary/aromatic N) is 1. The summed E-state index contributed by atoms with van der Waals surface area (Å²) in [5.41, 5.74) is 0.470. The second-order valence-corrected chi connectivity index (χ2v) is 5.91. The number of carbonyl (C=O) groups is 1. The predicted molar refractivity (Wildman–Crippen MR) is 112 cm³/mol. The molecule has 1 N–H and O–H groups in total. The highest BCUT2D eigenvalue weighted by Crippen LogP contribution is 2.34. The van der Waals surface area contributed by atoms with Gasteiger partial charge in [-0.2, -0.15) is 0 Å². The van der Waals surface area contributed by atoms with Gasteiger partial charge in [0.25, 0.3) is 11.6 Å². The first-order valence-corrected chi connectivity index (χ1v) is 8.97. The van der Waals surface area contributed by atoms with Gasteiger partial charge in [-0.25, -0.2) is 0 Å². The Bertz CT molecular complexity index is 991. The Morgan fingerprint density at radius 2 is 1.87 bits per heavy atom. The van der Waals surface area contributed by atoms with Gasteiger partial charge >= 0.3 is 0 Å². The second kappa shape index (κ2) is 11.1. The first-order valence-electron chi connectivity index (χ1n) is 8.97. The van der Waals surface area contributed by atoms with E-state index in [0.717, 1.165) is 17.4 Å². The summed E-state index contributed by atoms with van der Waals surface area (Å²) in [6.07, 6.45) is 2.47. The average Bonchev–Trinajstić information content (AvgIpc) is 2.76. The van der Waals surface area contributed by atoms with Gasteiger partial charge in [-0.15, -0.1) is 6.58 Å². The number of methoxy groups -OCH3 is 2. The Balaban J connectivity index is 1.99. The molecule has 0 aliphatic heterocycles. The molecular weight excluding hydrogens is 388 g/mol. The van der Waals surface area contributed by atoms with Crippen LogP contribution in [0.4, 0.5) is 5.69 Å². The van der Waals surface area contributed by atoms with Gasteiger partial charge < -0.3 is 19.5 Å². The van der Waals surface area contributed by atoms with E-state index < -0.39 is 10.8 Å². The lowest BCUT2D eigenvalue weighted by Crippen LogP contribution is -2.24. The quantitative estimate of drug-likeness (QED) is 0.295. The SMILES string of the molecule is C=CCc1ccccc1OCC#CCNC(=O)c1cc(OC)c(OC)cc1[N+](=O)[O-]. The van der Waals surface area contributed by atoms with Crippen LogP contribution in [0.3, 0.4) is 0 Å². The molecular formula is C22H22N2O6. The van der Waals surface area contributed by atoms with E-state index in [-0.39, 0.29) is 35.9 Å². The van der Waals surface area contributed by atoms with E-state index in [2.05, 4.69) is 23.7 Å². The zero-order valence-electron chi connectivity index (χ0n) is 16.8. The monoisotopic (exact) mass is 410 g/mol.